The number of carbonyl (C=O) groups excluding carboxylic acids is 1. The first-order valence-electron chi connectivity index (χ1n) is 3.86. The van der Waals surface area contributed by atoms with E-state index in [2.05, 4.69) is 6.58 Å². The fraction of sp³-hybridized carbons (Fsp3) is 0.500. The molecule has 1 fully saturated rings. The van der Waals surface area contributed by atoms with E-state index in [9.17, 15) is 14.0 Å². The van der Waals surface area contributed by atoms with Gasteiger partial charge in [0.2, 0.25) is 5.91 Å². The summed E-state index contributed by atoms with van der Waals surface area (Å²) in [6.45, 7) is 3.07. The number of alkyl halides is 1. The fourth-order valence-corrected chi connectivity index (χ4v) is 1.38. The van der Waals surface area contributed by atoms with Crippen LogP contribution in [0.1, 0.15) is 6.42 Å². The third kappa shape index (κ3) is 1.85. The van der Waals surface area contributed by atoms with E-state index in [0.717, 1.165) is 11.0 Å². The van der Waals surface area contributed by atoms with Crippen LogP contribution >= 0.6 is 0 Å². The molecule has 1 saturated heterocycles. The summed E-state index contributed by atoms with van der Waals surface area (Å²) in [6, 6.07) is -1.04. The summed E-state index contributed by atoms with van der Waals surface area (Å²) in [5, 5.41) is 8.65. The zero-order chi connectivity index (χ0) is 10.0. The molecule has 5 heteroatoms. The van der Waals surface area contributed by atoms with Gasteiger partial charge < -0.3 is 10.0 Å². The Labute approximate surface area is 74.6 Å². The van der Waals surface area contributed by atoms with Gasteiger partial charge in [0.05, 0.1) is 6.54 Å². The van der Waals surface area contributed by atoms with Crippen LogP contribution < -0.4 is 0 Å². The predicted molar refractivity (Wildman–Crippen MR) is 42.8 cm³/mol. The van der Waals surface area contributed by atoms with Crippen molar-refractivity contribution in [3.8, 4) is 0 Å². The number of likely N-dealkylation sites (tertiary alicyclic amines) is 1. The Balaban J connectivity index is 2.77. The molecule has 0 aromatic rings. The Hall–Kier alpha value is -1.39. The van der Waals surface area contributed by atoms with Crippen LogP contribution in [0.2, 0.25) is 0 Å². The topological polar surface area (TPSA) is 57.6 Å². The maximum atomic E-state index is 12.8. The van der Waals surface area contributed by atoms with Crippen molar-refractivity contribution in [1.82, 2.24) is 4.90 Å². The van der Waals surface area contributed by atoms with Crippen molar-refractivity contribution in [2.45, 2.75) is 18.6 Å². The monoisotopic (exact) mass is 187 g/mol. The number of rotatable bonds is 2. The van der Waals surface area contributed by atoms with Crippen LogP contribution in [0.4, 0.5) is 4.39 Å². The quantitative estimate of drug-likeness (QED) is 0.628. The zero-order valence-corrected chi connectivity index (χ0v) is 6.94. The minimum Gasteiger partial charge on any atom is -0.480 e. The maximum Gasteiger partial charge on any atom is 0.326 e. The average Bonchev–Trinajstić information content (AvgIpc) is 2.46. The molecule has 0 spiro atoms. The van der Waals surface area contributed by atoms with E-state index in [1.807, 2.05) is 0 Å². The highest BCUT2D eigenvalue weighted by molar-refractivity contribution is 5.91. The molecule has 0 unspecified atom stereocenters. The Morgan fingerprint density at radius 2 is 2.23 bits per heavy atom. The molecule has 0 aromatic carbocycles. The van der Waals surface area contributed by atoms with Crippen LogP contribution in [0.25, 0.3) is 0 Å². The Kier molecular flexibility index (Phi) is 2.65. The summed E-state index contributed by atoms with van der Waals surface area (Å²) in [5.41, 5.74) is 0. The Morgan fingerprint density at radius 3 is 2.69 bits per heavy atom. The third-order valence-corrected chi connectivity index (χ3v) is 1.99. The molecule has 1 aliphatic rings. The molecule has 0 aromatic heterocycles. The SMILES string of the molecule is C=CC(=O)N1C[C@H](F)C[C@H]1C(=O)O. The molecule has 1 amide bonds. The highest BCUT2D eigenvalue weighted by Gasteiger charge is 2.38. The second-order valence-corrected chi connectivity index (χ2v) is 2.88. The highest BCUT2D eigenvalue weighted by atomic mass is 19.1. The van der Waals surface area contributed by atoms with E-state index in [4.69, 9.17) is 5.11 Å². The lowest BCUT2D eigenvalue weighted by Gasteiger charge is -2.18. The molecule has 0 saturated carbocycles. The molecule has 1 rings (SSSR count). The second kappa shape index (κ2) is 3.55. The Bertz CT molecular complexity index is 254. The second-order valence-electron chi connectivity index (χ2n) is 2.88. The van der Waals surface area contributed by atoms with Crippen LogP contribution in [0.5, 0.6) is 0 Å². The molecular formula is C8H10FNO3. The van der Waals surface area contributed by atoms with Crippen LogP contribution in [-0.4, -0.2) is 40.6 Å². The summed E-state index contributed by atoms with van der Waals surface area (Å²) in [5.74, 6) is -1.71. The molecule has 4 nitrogen and oxygen atoms in total. The predicted octanol–water partition coefficient (Wildman–Crippen LogP) is 0.196. The first-order chi connectivity index (χ1) is 6.06. The van der Waals surface area contributed by atoms with Crippen LogP contribution in [0, 0.1) is 0 Å². The summed E-state index contributed by atoms with van der Waals surface area (Å²) in [6.07, 6.45) is -0.381. The van der Waals surface area contributed by atoms with E-state index < -0.39 is 24.1 Å². The molecule has 2 atom stereocenters. The van der Waals surface area contributed by atoms with Crippen molar-refractivity contribution in [1.29, 1.82) is 0 Å². The average molecular weight is 187 g/mol. The molecule has 1 N–H and O–H groups in total. The fourth-order valence-electron chi connectivity index (χ4n) is 1.38. The van der Waals surface area contributed by atoms with Gasteiger partial charge in [0.15, 0.2) is 0 Å². The number of aliphatic carboxylic acids is 1. The van der Waals surface area contributed by atoms with E-state index in [0.29, 0.717) is 0 Å². The third-order valence-electron chi connectivity index (χ3n) is 1.99. The molecule has 13 heavy (non-hydrogen) atoms. The smallest absolute Gasteiger partial charge is 0.326 e. The van der Waals surface area contributed by atoms with Crippen LogP contribution in [0.3, 0.4) is 0 Å². The number of carboxylic acids is 1. The minimum absolute atomic E-state index is 0.130. The van der Waals surface area contributed by atoms with Crippen molar-refractivity contribution in [3.05, 3.63) is 12.7 Å². The van der Waals surface area contributed by atoms with Gasteiger partial charge in [0, 0.05) is 6.42 Å². The summed E-state index contributed by atoms with van der Waals surface area (Å²) in [4.78, 5) is 22.6. The van der Waals surface area contributed by atoms with Gasteiger partial charge in [0.1, 0.15) is 12.2 Å². The lowest BCUT2D eigenvalue weighted by atomic mass is 10.2. The highest BCUT2D eigenvalue weighted by Crippen LogP contribution is 2.20. The standard InChI is InChI=1S/C8H10FNO3/c1-2-7(11)10-4-5(9)3-6(10)8(12)13/h2,5-6H,1,3-4H2,(H,12,13)/t5-,6+/m1/s1. The molecule has 1 heterocycles. The van der Waals surface area contributed by atoms with Gasteiger partial charge in [-0.15, -0.1) is 0 Å². The van der Waals surface area contributed by atoms with E-state index in [-0.39, 0.29) is 13.0 Å². The van der Waals surface area contributed by atoms with E-state index >= 15 is 0 Å². The van der Waals surface area contributed by atoms with Gasteiger partial charge in [-0.2, -0.15) is 0 Å². The maximum absolute atomic E-state index is 12.8. The number of carbonyl (C=O) groups is 2. The normalized spacial score (nSPS) is 27.3. The Morgan fingerprint density at radius 1 is 1.62 bits per heavy atom. The lowest BCUT2D eigenvalue weighted by Crippen LogP contribution is -2.39. The minimum atomic E-state index is -1.25. The van der Waals surface area contributed by atoms with Crippen LogP contribution in [0.15, 0.2) is 12.7 Å². The van der Waals surface area contributed by atoms with Crippen molar-refractivity contribution >= 4 is 11.9 Å². The van der Waals surface area contributed by atoms with Gasteiger partial charge >= 0.3 is 5.97 Å². The number of hydrogen-bond donors (Lipinski definition) is 1. The van der Waals surface area contributed by atoms with E-state index in [1.165, 1.54) is 0 Å². The molecule has 0 aliphatic carbocycles. The summed E-state index contributed by atoms with van der Waals surface area (Å²) in [7, 11) is 0. The zero-order valence-electron chi connectivity index (χ0n) is 6.94. The van der Waals surface area contributed by atoms with Crippen LogP contribution in [-0.2, 0) is 9.59 Å². The van der Waals surface area contributed by atoms with Gasteiger partial charge in [-0.05, 0) is 6.08 Å². The van der Waals surface area contributed by atoms with Crippen molar-refractivity contribution in [2.75, 3.05) is 6.54 Å². The largest absolute Gasteiger partial charge is 0.480 e. The van der Waals surface area contributed by atoms with Crippen molar-refractivity contribution < 1.29 is 19.1 Å². The van der Waals surface area contributed by atoms with Gasteiger partial charge in [-0.25, -0.2) is 9.18 Å². The number of hydrogen-bond acceptors (Lipinski definition) is 2. The molecular weight excluding hydrogens is 177 g/mol. The number of halogens is 1. The molecule has 0 radical (unpaired) electrons. The van der Waals surface area contributed by atoms with Gasteiger partial charge in [-0.1, -0.05) is 6.58 Å². The molecule has 0 bridgehead atoms. The number of nitrogens with zero attached hydrogens (tertiary/aromatic N) is 1. The number of amides is 1. The van der Waals surface area contributed by atoms with E-state index in [1.54, 1.807) is 0 Å². The lowest BCUT2D eigenvalue weighted by molar-refractivity contribution is -0.146. The van der Waals surface area contributed by atoms with Gasteiger partial charge in [0.25, 0.3) is 0 Å². The summed E-state index contributed by atoms with van der Waals surface area (Å²) >= 11 is 0. The van der Waals surface area contributed by atoms with Gasteiger partial charge in [-0.3, -0.25) is 4.79 Å². The molecule has 72 valence electrons. The first-order valence-corrected chi connectivity index (χ1v) is 3.86. The van der Waals surface area contributed by atoms with Crippen molar-refractivity contribution in [2.24, 2.45) is 0 Å². The molecule has 1 aliphatic heterocycles. The number of carboxylic acid groups (broad SMARTS) is 1. The van der Waals surface area contributed by atoms with Crippen molar-refractivity contribution in [3.63, 3.8) is 0 Å². The summed E-state index contributed by atoms with van der Waals surface area (Å²) < 4.78 is 12.8. The first kappa shape index (κ1) is 9.70.